The van der Waals surface area contributed by atoms with Crippen LogP contribution in [0, 0.1) is 0 Å². The molecule has 1 unspecified atom stereocenters. The molecule has 1 fully saturated rings. The molecule has 92 valence electrons. The smallest absolute Gasteiger partial charge is 0.190 e. The van der Waals surface area contributed by atoms with Gasteiger partial charge < -0.3 is 20.6 Å². The zero-order valence-electron chi connectivity index (χ0n) is 9.71. The number of hydrogen-bond acceptors (Lipinski definition) is 5. The van der Waals surface area contributed by atoms with E-state index in [0.717, 1.165) is 25.2 Å². The average molecular weight is 236 g/mol. The molecule has 0 aromatic carbocycles. The lowest BCUT2D eigenvalue weighted by Crippen LogP contribution is -2.26. The maximum absolute atomic E-state index is 8.73. The highest BCUT2D eigenvalue weighted by molar-refractivity contribution is 6.00. The van der Waals surface area contributed by atoms with E-state index in [1.165, 1.54) is 0 Å². The Morgan fingerprint density at radius 1 is 1.71 bits per heavy atom. The second kappa shape index (κ2) is 5.01. The molecule has 6 heteroatoms. The molecular weight excluding hydrogens is 220 g/mol. The zero-order chi connectivity index (χ0) is 12.3. The highest BCUT2D eigenvalue weighted by Gasteiger charge is 2.25. The van der Waals surface area contributed by atoms with Crippen LogP contribution in [0.25, 0.3) is 0 Å². The molecule has 0 bridgehead atoms. The van der Waals surface area contributed by atoms with Gasteiger partial charge in [-0.2, -0.15) is 0 Å². The molecule has 1 aliphatic heterocycles. The number of oxime groups is 1. The Bertz CT molecular complexity index is 422. The molecule has 1 atom stereocenters. The van der Waals surface area contributed by atoms with E-state index >= 15 is 0 Å². The van der Waals surface area contributed by atoms with Gasteiger partial charge in [0.25, 0.3) is 0 Å². The summed E-state index contributed by atoms with van der Waals surface area (Å²) in [6.07, 6.45) is 2.83. The molecule has 1 aromatic heterocycles. The molecular formula is C11H16N4O2. The number of anilines is 1. The quantitative estimate of drug-likeness (QED) is 0.343. The number of methoxy groups -OCH3 is 1. The number of nitrogens with two attached hydrogens (primary N) is 1. The minimum absolute atomic E-state index is 0.0291. The van der Waals surface area contributed by atoms with E-state index in [0.29, 0.717) is 5.69 Å². The summed E-state index contributed by atoms with van der Waals surface area (Å²) < 4.78 is 5.32. The van der Waals surface area contributed by atoms with Gasteiger partial charge in [0.15, 0.2) is 5.84 Å². The van der Waals surface area contributed by atoms with Crippen molar-refractivity contribution in [2.45, 2.75) is 12.5 Å². The van der Waals surface area contributed by atoms with Crippen molar-refractivity contribution in [3.8, 4) is 0 Å². The molecule has 0 aliphatic carbocycles. The lowest BCUT2D eigenvalue weighted by Gasteiger charge is -2.20. The van der Waals surface area contributed by atoms with E-state index in [2.05, 4.69) is 15.0 Å². The van der Waals surface area contributed by atoms with Crippen molar-refractivity contribution >= 4 is 11.5 Å². The van der Waals surface area contributed by atoms with Gasteiger partial charge >= 0.3 is 0 Å². The summed E-state index contributed by atoms with van der Waals surface area (Å²) in [4.78, 5) is 6.28. The van der Waals surface area contributed by atoms with E-state index in [1.807, 2.05) is 12.1 Å². The third-order valence-corrected chi connectivity index (χ3v) is 2.96. The van der Waals surface area contributed by atoms with E-state index < -0.39 is 0 Å². The van der Waals surface area contributed by atoms with Crippen molar-refractivity contribution in [3.63, 3.8) is 0 Å². The first-order valence-electron chi connectivity index (χ1n) is 5.47. The number of nitrogens with zero attached hydrogens (tertiary/aromatic N) is 3. The molecule has 17 heavy (non-hydrogen) atoms. The third kappa shape index (κ3) is 2.31. The first-order valence-corrected chi connectivity index (χ1v) is 5.47. The van der Waals surface area contributed by atoms with Gasteiger partial charge in [-0.05, 0) is 18.6 Å². The highest BCUT2D eigenvalue weighted by atomic mass is 16.5. The van der Waals surface area contributed by atoms with Gasteiger partial charge in [0.05, 0.1) is 11.8 Å². The van der Waals surface area contributed by atoms with Crippen molar-refractivity contribution in [3.05, 3.63) is 24.0 Å². The summed E-state index contributed by atoms with van der Waals surface area (Å²) in [7, 11) is 1.71. The summed E-state index contributed by atoms with van der Waals surface area (Å²) >= 11 is 0. The lowest BCUT2D eigenvalue weighted by molar-refractivity contribution is 0.121. The standard InChI is InChI=1S/C11H16N4O2/c1-17-8-4-6-15(7-8)9-3-2-5-13-10(9)11(12)14-16/h2-3,5,8,16H,4,6-7H2,1H3,(H2,12,14). The van der Waals surface area contributed by atoms with Crippen molar-refractivity contribution in [1.29, 1.82) is 0 Å². The summed E-state index contributed by atoms with van der Waals surface area (Å²) in [6.45, 7) is 1.68. The molecule has 2 rings (SSSR count). The Morgan fingerprint density at radius 2 is 2.53 bits per heavy atom. The van der Waals surface area contributed by atoms with Crippen molar-refractivity contribution in [2.24, 2.45) is 10.9 Å². The topological polar surface area (TPSA) is 84.0 Å². The van der Waals surface area contributed by atoms with Crippen molar-refractivity contribution in [1.82, 2.24) is 4.98 Å². The first kappa shape index (κ1) is 11.7. The molecule has 1 saturated heterocycles. The fraction of sp³-hybridized carbons (Fsp3) is 0.455. The first-order chi connectivity index (χ1) is 8.26. The van der Waals surface area contributed by atoms with E-state index in [9.17, 15) is 0 Å². The molecule has 1 aliphatic rings. The van der Waals surface area contributed by atoms with Crippen LogP contribution in [-0.4, -0.2) is 42.3 Å². The van der Waals surface area contributed by atoms with Crippen molar-refractivity contribution in [2.75, 3.05) is 25.1 Å². The summed E-state index contributed by atoms with van der Waals surface area (Å²) in [5.41, 5.74) is 6.99. The number of aromatic nitrogens is 1. The molecule has 0 radical (unpaired) electrons. The predicted molar refractivity (Wildman–Crippen MR) is 64.4 cm³/mol. The Kier molecular flexibility index (Phi) is 3.43. The van der Waals surface area contributed by atoms with E-state index in [-0.39, 0.29) is 11.9 Å². The van der Waals surface area contributed by atoms with Gasteiger partial charge in [0, 0.05) is 26.4 Å². The number of amidine groups is 1. The largest absolute Gasteiger partial charge is 0.409 e. The zero-order valence-corrected chi connectivity index (χ0v) is 9.71. The molecule has 6 nitrogen and oxygen atoms in total. The SMILES string of the molecule is COC1CCN(c2cccnc2/C(N)=N/O)C1. The van der Waals surface area contributed by atoms with Gasteiger partial charge in [0.1, 0.15) is 5.69 Å². The van der Waals surface area contributed by atoms with Crippen molar-refractivity contribution < 1.29 is 9.94 Å². The fourth-order valence-corrected chi connectivity index (χ4v) is 2.04. The van der Waals surface area contributed by atoms with Gasteiger partial charge in [-0.3, -0.25) is 4.98 Å². The van der Waals surface area contributed by atoms with Crippen LogP contribution in [0.5, 0.6) is 0 Å². The Hall–Kier alpha value is -1.82. The maximum atomic E-state index is 8.73. The van der Waals surface area contributed by atoms with Crippen LogP contribution >= 0.6 is 0 Å². The van der Waals surface area contributed by atoms with Gasteiger partial charge in [-0.1, -0.05) is 5.16 Å². The maximum Gasteiger partial charge on any atom is 0.190 e. The summed E-state index contributed by atoms with van der Waals surface area (Å²) in [5, 5.41) is 11.7. The third-order valence-electron chi connectivity index (χ3n) is 2.96. The highest BCUT2D eigenvalue weighted by Crippen LogP contribution is 2.23. The van der Waals surface area contributed by atoms with Crippen LogP contribution in [0.15, 0.2) is 23.5 Å². The van der Waals surface area contributed by atoms with Crippen LogP contribution < -0.4 is 10.6 Å². The van der Waals surface area contributed by atoms with E-state index in [1.54, 1.807) is 13.3 Å². The van der Waals surface area contributed by atoms with Crippen LogP contribution in [0.2, 0.25) is 0 Å². The average Bonchev–Trinajstić information content (AvgIpc) is 2.86. The number of pyridine rings is 1. The van der Waals surface area contributed by atoms with Crippen LogP contribution in [0.1, 0.15) is 12.1 Å². The summed E-state index contributed by atoms with van der Waals surface area (Å²) in [6, 6.07) is 3.75. The van der Waals surface area contributed by atoms with E-state index in [4.69, 9.17) is 15.7 Å². The number of rotatable bonds is 3. The van der Waals surface area contributed by atoms with Gasteiger partial charge in [-0.15, -0.1) is 0 Å². The summed E-state index contributed by atoms with van der Waals surface area (Å²) in [5.74, 6) is 0.0291. The molecule has 1 aromatic rings. The molecule has 2 heterocycles. The molecule has 3 N–H and O–H groups in total. The lowest BCUT2D eigenvalue weighted by atomic mass is 10.2. The molecule has 0 saturated carbocycles. The second-order valence-corrected chi connectivity index (χ2v) is 3.95. The minimum atomic E-state index is 0.0291. The number of ether oxygens (including phenoxy) is 1. The molecule has 0 amide bonds. The van der Waals surface area contributed by atoms with Crippen LogP contribution in [0.3, 0.4) is 0 Å². The Balaban J connectivity index is 2.27. The predicted octanol–water partition coefficient (Wildman–Crippen LogP) is 0.401. The Labute approximate surface area is 99.7 Å². The minimum Gasteiger partial charge on any atom is -0.409 e. The second-order valence-electron chi connectivity index (χ2n) is 3.95. The van der Waals surface area contributed by atoms with Crippen LogP contribution in [0.4, 0.5) is 5.69 Å². The monoisotopic (exact) mass is 236 g/mol. The molecule has 0 spiro atoms. The Morgan fingerprint density at radius 3 is 3.18 bits per heavy atom. The normalized spacial score (nSPS) is 20.9. The van der Waals surface area contributed by atoms with Gasteiger partial charge in [0.2, 0.25) is 0 Å². The number of hydrogen-bond donors (Lipinski definition) is 2. The van der Waals surface area contributed by atoms with Gasteiger partial charge in [-0.25, -0.2) is 0 Å². The fourth-order valence-electron chi connectivity index (χ4n) is 2.04. The van der Waals surface area contributed by atoms with Crippen LogP contribution in [-0.2, 0) is 4.74 Å².